The molecule has 2 heterocycles. The van der Waals surface area contributed by atoms with E-state index < -0.39 is 5.97 Å². The molecule has 1 atom stereocenters. The van der Waals surface area contributed by atoms with Gasteiger partial charge in [0.1, 0.15) is 11.8 Å². The highest BCUT2D eigenvalue weighted by Crippen LogP contribution is 2.36. The normalized spacial score (nSPS) is 16.0. The van der Waals surface area contributed by atoms with Crippen molar-refractivity contribution in [2.24, 2.45) is 0 Å². The minimum atomic E-state index is -0.426. The molecule has 0 saturated heterocycles. The Bertz CT molecular complexity index is 817. The number of thiophene rings is 1. The second-order valence-electron chi connectivity index (χ2n) is 5.63. The zero-order chi connectivity index (χ0) is 18.5. The summed E-state index contributed by atoms with van der Waals surface area (Å²) in [7, 11) is 0. The number of nitrogens with zero attached hydrogens (tertiary/aromatic N) is 1. The average molecular weight is 372 g/mol. The number of carbonyl (C=O) groups excluding carboxylic acids is 2. The van der Waals surface area contributed by atoms with Crippen LogP contribution in [0.1, 0.15) is 30.3 Å². The molecule has 1 amide bonds. The van der Waals surface area contributed by atoms with Crippen molar-refractivity contribution in [3.8, 4) is 5.75 Å². The molecule has 0 radical (unpaired) electrons. The first-order valence-electron chi connectivity index (χ1n) is 8.29. The largest absolute Gasteiger partial charge is 0.482 e. The molecule has 0 saturated carbocycles. The Labute approximate surface area is 156 Å². The van der Waals surface area contributed by atoms with Crippen molar-refractivity contribution in [2.45, 2.75) is 19.9 Å². The van der Waals surface area contributed by atoms with Gasteiger partial charge in [-0.25, -0.2) is 9.80 Å². The molecule has 7 heteroatoms. The first kappa shape index (κ1) is 18.0. The molecule has 6 nitrogen and oxygen atoms in total. The number of para-hydroxylation sites is 1. The summed E-state index contributed by atoms with van der Waals surface area (Å²) in [5.41, 5.74) is 4.83. The van der Waals surface area contributed by atoms with E-state index in [-0.39, 0.29) is 18.6 Å². The summed E-state index contributed by atoms with van der Waals surface area (Å²) in [6, 6.07) is 11.0. The van der Waals surface area contributed by atoms with E-state index in [1.807, 2.05) is 41.8 Å². The van der Waals surface area contributed by atoms with E-state index in [1.165, 1.54) is 6.92 Å². The average Bonchev–Trinajstić information content (AvgIpc) is 3.30. The Morgan fingerprint density at radius 3 is 2.73 bits per heavy atom. The van der Waals surface area contributed by atoms with Gasteiger partial charge in [0.25, 0.3) is 0 Å². The molecule has 3 rings (SSSR count). The van der Waals surface area contributed by atoms with Crippen LogP contribution < -0.4 is 10.2 Å². The van der Waals surface area contributed by atoms with Crippen LogP contribution in [0.15, 0.2) is 47.9 Å². The van der Waals surface area contributed by atoms with E-state index >= 15 is 0 Å². The molecule has 2 aromatic rings. The van der Waals surface area contributed by atoms with E-state index in [4.69, 9.17) is 9.47 Å². The summed E-state index contributed by atoms with van der Waals surface area (Å²) in [6.45, 7) is 3.39. The number of hydrazine groups is 1. The summed E-state index contributed by atoms with van der Waals surface area (Å²) in [6.07, 6.45) is 1.99. The third-order valence-corrected chi connectivity index (χ3v) is 4.76. The topological polar surface area (TPSA) is 67.9 Å². The maximum absolute atomic E-state index is 12.1. The number of esters is 1. The number of amides is 1. The van der Waals surface area contributed by atoms with Crippen molar-refractivity contribution in [1.29, 1.82) is 0 Å². The number of nitrogens with one attached hydrogen (secondary N) is 1. The minimum Gasteiger partial charge on any atom is -0.482 e. The van der Waals surface area contributed by atoms with Crippen molar-refractivity contribution in [3.63, 3.8) is 0 Å². The minimum absolute atomic E-state index is 0.113. The molecule has 26 heavy (non-hydrogen) atoms. The lowest BCUT2D eigenvalue weighted by molar-refractivity contribution is -0.145. The lowest BCUT2D eigenvalue weighted by atomic mass is 10.0. The van der Waals surface area contributed by atoms with E-state index in [0.717, 1.165) is 16.1 Å². The van der Waals surface area contributed by atoms with Gasteiger partial charge in [-0.15, -0.1) is 11.3 Å². The van der Waals surface area contributed by atoms with E-state index in [0.29, 0.717) is 12.4 Å². The maximum Gasteiger partial charge on any atom is 0.344 e. The third-order valence-electron chi connectivity index (χ3n) is 3.86. The van der Waals surface area contributed by atoms with E-state index in [2.05, 4.69) is 5.43 Å². The number of carbonyl (C=O) groups is 2. The number of ether oxygens (including phenoxy) is 2. The Morgan fingerprint density at radius 2 is 2.04 bits per heavy atom. The van der Waals surface area contributed by atoms with Crippen molar-refractivity contribution < 1.29 is 19.1 Å². The Kier molecular flexibility index (Phi) is 5.58. The fourth-order valence-corrected chi connectivity index (χ4v) is 3.44. The van der Waals surface area contributed by atoms with E-state index in [9.17, 15) is 9.59 Å². The molecule has 1 aromatic carbocycles. The van der Waals surface area contributed by atoms with Gasteiger partial charge in [0, 0.05) is 12.5 Å². The standard InChI is InChI=1S/C19H20N2O4S/c1-3-24-19(23)12-25-17-8-5-4-7-14(17)16-11-15(18-9-6-10-26-18)20-21(16)13(2)22/h4-11,16,20H,3,12H2,1-2H3/t16-/m0/s1. The predicted octanol–water partition coefficient (Wildman–Crippen LogP) is 3.14. The maximum atomic E-state index is 12.1. The van der Waals surface area contributed by atoms with Crippen LogP contribution in [0.2, 0.25) is 0 Å². The van der Waals surface area contributed by atoms with Gasteiger partial charge in [-0.2, -0.15) is 0 Å². The molecular formula is C19H20N2O4S. The highest BCUT2D eigenvalue weighted by Gasteiger charge is 2.31. The van der Waals surface area contributed by atoms with Crippen LogP contribution in [0.3, 0.4) is 0 Å². The zero-order valence-electron chi connectivity index (χ0n) is 14.6. The summed E-state index contributed by atoms with van der Waals surface area (Å²) < 4.78 is 10.6. The smallest absolute Gasteiger partial charge is 0.344 e. The summed E-state index contributed by atoms with van der Waals surface area (Å²) in [5, 5.41) is 3.54. The molecule has 0 unspecified atom stereocenters. The molecule has 1 aliphatic rings. The number of rotatable bonds is 6. The van der Waals surface area contributed by atoms with Crippen LogP contribution in [0.25, 0.3) is 5.70 Å². The first-order valence-corrected chi connectivity index (χ1v) is 9.17. The van der Waals surface area contributed by atoms with Gasteiger partial charge in [0.15, 0.2) is 6.61 Å². The highest BCUT2D eigenvalue weighted by molar-refractivity contribution is 7.11. The van der Waals surface area contributed by atoms with Gasteiger partial charge in [0.2, 0.25) is 5.91 Å². The van der Waals surface area contributed by atoms with Crippen molar-refractivity contribution >= 4 is 28.9 Å². The molecule has 1 aromatic heterocycles. The van der Waals surface area contributed by atoms with Crippen LogP contribution >= 0.6 is 11.3 Å². The van der Waals surface area contributed by atoms with Crippen molar-refractivity contribution in [2.75, 3.05) is 13.2 Å². The van der Waals surface area contributed by atoms with Crippen molar-refractivity contribution in [3.05, 3.63) is 58.3 Å². The van der Waals surface area contributed by atoms with Crippen LogP contribution in [-0.4, -0.2) is 30.1 Å². The molecule has 0 fully saturated rings. The second kappa shape index (κ2) is 8.05. The monoisotopic (exact) mass is 372 g/mol. The van der Waals surface area contributed by atoms with Crippen LogP contribution in [0.5, 0.6) is 5.75 Å². The van der Waals surface area contributed by atoms with Gasteiger partial charge in [-0.1, -0.05) is 24.3 Å². The highest BCUT2D eigenvalue weighted by atomic mass is 32.1. The molecule has 1 aliphatic heterocycles. The SMILES string of the molecule is CCOC(=O)COc1ccccc1[C@@H]1C=C(c2cccs2)NN1C(C)=O. The van der Waals surface area contributed by atoms with Gasteiger partial charge in [-0.05, 0) is 30.5 Å². The lowest BCUT2D eigenvalue weighted by Crippen LogP contribution is -2.37. The predicted molar refractivity (Wildman–Crippen MR) is 99.3 cm³/mol. The van der Waals surface area contributed by atoms with Gasteiger partial charge >= 0.3 is 5.97 Å². The number of benzene rings is 1. The Morgan fingerprint density at radius 1 is 1.23 bits per heavy atom. The molecule has 0 bridgehead atoms. The Balaban J connectivity index is 1.88. The quantitative estimate of drug-likeness (QED) is 0.789. The first-order chi connectivity index (χ1) is 12.6. The Hall–Kier alpha value is -2.80. The fraction of sp³-hybridized carbons (Fsp3) is 0.263. The molecule has 0 spiro atoms. The van der Waals surface area contributed by atoms with E-state index in [1.54, 1.807) is 29.3 Å². The second-order valence-corrected chi connectivity index (χ2v) is 6.58. The summed E-state index contributed by atoms with van der Waals surface area (Å²) in [4.78, 5) is 24.8. The zero-order valence-corrected chi connectivity index (χ0v) is 15.4. The lowest BCUT2D eigenvalue weighted by Gasteiger charge is -2.25. The van der Waals surface area contributed by atoms with Gasteiger partial charge < -0.3 is 9.47 Å². The summed E-state index contributed by atoms with van der Waals surface area (Å²) >= 11 is 1.59. The summed E-state index contributed by atoms with van der Waals surface area (Å²) in [5.74, 6) is 0.00498. The number of hydrogen-bond acceptors (Lipinski definition) is 6. The molecular weight excluding hydrogens is 352 g/mol. The van der Waals surface area contributed by atoms with Crippen LogP contribution in [0, 0.1) is 0 Å². The van der Waals surface area contributed by atoms with Crippen LogP contribution in [0.4, 0.5) is 0 Å². The fourth-order valence-electron chi connectivity index (χ4n) is 2.74. The third kappa shape index (κ3) is 3.88. The molecule has 1 N–H and O–H groups in total. The van der Waals surface area contributed by atoms with Gasteiger partial charge in [0.05, 0.1) is 17.2 Å². The molecule has 136 valence electrons. The van der Waals surface area contributed by atoms with Gasteiger partial charge in [-0.3, -0.25) is 10.2 Å². The van der Waals surface area contributed by atoms with Crippen LogP contribution in [-0.2, 0) is 14.3 Å². The number of hydrogen-bond donors (Lipinski definition) is 1. The van der Waals surface area contributed by atoms with Crippen molar-refractivity contribution in [1.82, 2.24) is 10.4 Å². The molecule has 0 aliphatic carbocycles.